The molecule has 0 saturated carbocycles. The summed E-state index contributed by atoms with van der Waals surface area (Å²) in [5, 5.41) is 12.1. The van der Waals surface area contributed by atoms with Gasteiger partial charge in [-0.05, 0) is 12.1 Å². The van der Waals surface area contributed by atoms with Crippen LogP contribution in [0.25, 0.3) is 0 Å². The number of aromatic nitrogens is 1. The van der Waals surface area contributed by atoms with Gasteiger partial charge in [0.05, 0.1) is 20.1 Å². The molecule has 13 heavy (non-hydrogen) atoms. The van der Waals surface area contributed by atoms with Crippen LogP contribution in [0.4, 0.5) is 0 Å². The van der Waals surface area contributed by atoms with Crippen LogP contribution in [-0.4, -0.2) is 25.0 Å². The topological polar surface area (TPSA) is 69.6 Å². The van der Waals surface area contributed by atoms with Crippen molar-refractivity contribution in [1.82, 2.24) is 4.98 Å². The first-order valence-corrected chi connectivity index (χ1v) is 4.07. The number of aromatic carboxylic acids is 1. The maximum atomic E-state index is 10.2. The molecule has 1 heterocycles. The Morgan fingerprint density at radius 1 is 1.62 bits per heavy atom. The van der Waals surface area contributed by atoms with Gasteiger partial charge in [0.15, 0.2) is 0 Å². The summed E-state index contributed by atoms with van der Waals surface area (Å²) in [5.41, 5.74) is -0.0795. The molecule has 0 atom stereocenters. The number of carbonyl (C=O) groups is 1. The largest absolute Gasteiger partial charge is 0.545 e. The van der Waals surface area contributed by atoms with Crippen molar-refractivity contribution in [2.24, 2.45) is 0 Å². The monoisotopic (exact) mass is 202 g/mol. The highest BCUT2D eigenvalue weighted by Crippen LogP contribution is 2.09. The number of nitrogens with zero attached hydrogens (tertiary/aromatic N) is 1. The van der Waals surface area contributed by atoms with Crippen LogP contribution in [0.5, 0.6) is 0 Å². The Morgan fingerprint density at radius 2 is 2.15 bits per heavy atom. The summed E-state index contributed by atoms with van der Waals surface area (Å²) in [4.78, 5) is 13.7. The Morgan fingerprint density at radius 3 is 2.46 bits per heavy atom. The van der Waals surface area contributed by atoms with E-state index in [-0.39, 0.29) is 10.7 Å². The van der Waals surface area contributed by atoms with E-state index < -0.39 is 5.97 Å². The van der Waals surface area contributed by atoms with Crippen molar-refractivity contribution in [2.75, 3.05) is 14.1 Å². The van der Waals surface area contributed by atoms with Crippen molar-refractivity contribution in [1.29, 1.82) is 0 Å². The van der Waals surface area contributed by atoms with Gasteiger partial charge >= 0.3 is 0 Å². The van der Waals surface area contributed by atoms with Gasteiger partial charge in [-0.2, -0.15) is 0 Å². The molecule has 4 nitrogen and oxygen atoms in total. The van der Waals surface area contributed by atoms with E-state index in [1.54, 1.807) is 0 Å². The van der Waals surface area contributed by atoms with Gasteiger partial charge in [-0.25, -0.2) is 4.98 Å². The molecule has 5 heteroatoms. The molecule has 1 aromatic heterocycles. The van der Waals surface area contributed by atoms with Crippen molar-refractivity contribution in [3.63, 3.8) is 0 Å². The SMILES string of the molecule is C[NH2+]C.O=C([O-])c1cccnc1Cl. The van der Waals surface area contributed by atoms with E-state index in [0.717, 1.165) is 0 Å². The molecule has 0 saturated heterocycles. The smallest absolute Gasteiger partial charge is 0.138 e. The summed E-state index contributed by atoms with van der Waals surface area (Å²) in [6, 6.07) is 2.82. The van der Waals surface area contributed by atoms with Crippen molar-refractivity contribution in [3.8, 4) is 0 Å². The Balaban J connectivity index is 0.000000424. The second-order valence-corrected chi connectivity index (χ2v) is 2.56. The molecule has 0 bridgehead atoms. The van der Waals surface area contributed by atoms with Crippen molar-refractivity contribution in [2.45, 2.75) is 0 Å². The highest BCUT2D eigenvalue weighted by atomic mass is 35.5. The lowest BCUT2D eigenvalue weighted by Gasteiger charge is -2.01. The molecule has 0 aliphatic heterocycles. The molecular weight excluding hydrogens is 192 g/mol. The quantitative estimate of drug-likeness (QED) is 0.589. The lowest BCUT2D eigenvalue weighted by molar-refractivity contribution is -0.597. The molecule has 0 fully saturated rings. The lowest BCUT2D eigenvalue weighted by atomic mass is 10.3. The van der Waals surface area contributed by atoms with Crippen LogP contribution >= 0.6 is 11.6 Å². The minimum atomic E-state index is -1.31. The summed E-state index contributed by atoms with van der Waals surface area (Å²) in [7, 11) is 4.00. The fourth-order valence-electron chi connectivity index (χ4n) is 0.538. The van der Waals surface area contributed by atoms with E-state index in [2.05, 4.69) is 4.98 Å². The molecule has 0 spiro atoms. The second kappa shape index (κ2) is 6.39. The Hall–Kier alpha value is -1.13. The van der Waals surface area contributed by atoms with E-state index >= 15 is 0 Å². The molecule has 0 unspecified atom stereocenters. The zero-order valence-corrected chi connectivity index (χ0v) is 8.21. The van der Waals surface area contributed by atoms with Gasteiger partial charge in [0.25, 0.3) is 0 Å². The van der Waals surface area contributed by atoms with Crippen molar-refractivity contribution in [3.05, 3.63) is 29.0 Å². The highest BCUT2D eigenvalue weighted by Gasteiger charge is 1.98. The van der Waals surface area contributed by atoms with Gasteiger partial charge in [0, 0.05) is 11.8 Å². The highest BCUT2D eigenvalue weighted by molar-refractivity contribution is 6.32. The van der Waals surface area contributed by atoms with E-state index in [4.69, 9.17) is 11.6 Å². The summed E-state index contributed by atoms with van der Waals surface area (Å²) < 4.78 is 0. The van der Waals surface area contributed by atoms with Crippen molar-refractivity contribution >= 4 is 17.6 Å². The van der Waals surface area contributed by atoms with Gasteiger partial charge in [-0.15, -0.1) is 0 Å². The predicted molar refractivity (Wildman–Crippen MR) is 47.4 cm³/mol. The van der Waals surface area contributed by atoms with Crippen molar-refractivity contribution < 1.29 is 15.2 Å². The molecule has 1 aromatic rings. The van der Waals surface area contributed by atoms with Crippen LogP contribution in [0, 0.1) is 0 Å². The number of carboxylic acid groups (broad SMARTS) is 1. The summed E-state index contributed by atoms with van der Waals surface area (Å²) in [5.74, 6) is -1.31. The molecule has 0 amide bonds. The summed E-state index contributed by atoms with van der Waals surface area (Å²) in [6.45, 7) is 0. The third-order valence-corrected chi connectivity index (χ3v) is 1.28. The van der Waals surface area contributed by atoms with Gasteiger partial charge < -0.3 is 15.2 Å². The summed E-state index contributed by atoms with van der Waals surface area (Å²) >= 11 is 5.39. The number of pyridine rings is 1. The molecule has 0 aliphatic rings. The maximum absolute atomic E-state index is 10.2. The number of rotatable bonds is 1. The van der Waals surface area contributed by atoms with Gasteiger partial charge in [-0.3, -0.25) is 0 Å². The lowest BCUT2D eigenvalue weighted by Crippen LogP contribution is -2.74. The van der Waals surface area contributed by atoms with Crippen LogP contribution in [0.2, 0.25) is 5.15 Å². The fraction of sp³-hybridized carbons (Fsp3) is 0.250. The van der Waals surface area contributed by atoms with E-state index in [1.165, 1.54) is 18.3 Å². The number of carbonyl (C=O) groups excluding carboxylic acids is 1. The van der Waals surface area contributed by atoms with E-state index in [0.29, 0.717) is 0 Å². The third-order valence-electron chi connectivity index (χ3n) is 0.979. The first kappa shape index (κ1) is 11.9. The number of nitrogens with two attached hydrogens (primary N) is 1. The Labute approximate surface area is 81.6 Å². The van der Waals surface area contributed by atoms with Crippen LogP contribution in [0.15, 0.2) is 18.3 Å². The first-order chi connectivity index (χ1) is 6.13. The molecule has 1 rings (SSSR count). The number of hydrogen-bond donors (Lipinski definition) is 1. The Kier molecular flexibility index (Phi) is 5.84. The van der Waals surface area contributed by atoms with Crippen LogP contribution < -0.4 is 10.4 Å². The minimum Gasteiger partial charge on any atom is -0.545 e. The molecule has 2 N–H and O–H groups in total. The normalized spacial score (nSPS) is 8.54. The Bertz CT molecular complexity index is 279. The number of quaternary nitrogens is 1. The number of carboxylic acids is 1. The molecule has 0 radical (unpaired) electrons. The van der Waals surface area contributed by atoms with E-state index in [1.807, 2.05) is 19.4 Å². The van der Waals surface area contributed by atoms with Crippen LogP contribution in [0.3, 0.4) is 0 Å². The van der Waals surface area contributed by atoms with Crippen LogP contribution in [-0.2, 0) is 0 Å². The first-order valence-electron chi connectivity index (χ1n) is 3.69. The number of hydrogen-bond acceptors (Lipinski definition) is 3. The summed E-state index contributed by atoms with van der Waals surface area (Å²) in [6.07, 6.45) is 1.41. The van der Waals surface area contributed by atoms with Gasteiger partial charge in [0.2, 0.25) is 0 Å². The zero-order valence-electron chi connectivity index (χ0n) is 7.45. The van der Waals surface area contributed by atoms with Gasteiger partial charge in [0.1, 0.15) is 5.15 Å². The third kappa shape index (κ3) is 4.45. The zero-order chi connectivity index (χ0) is 10.3. The molecule has 72 valence electrons. The van der Waals surface area contributed by atoms with Crippen LogP contribution in [0.1, 0.15) is 10.4 Å². The second-order valence-electron chi connectivity index (χ2n) is 2.21. The standard InChI is InChI=1S/C6H4ClNO2.C2H7N/c7-5-4(6(9)10)2-1-3-8-5;1-3-2/h1-3H,(H,9,10);3H,1-2H3. The molecule has 0 aromatic carbocycles. The molecule has 0 aliphatic carbocycles. The average Bonchev–Trinajstić information content (AvgIpc) is 2.06. The minimum absolute atomic E-state index is 0.0394. The van der Waals surface area contributed by atoms with E-state index in [9.17, 15) is 9.90 Å². The average molecular weight is 203 g/mol. The fourth-order valence-corrected chi connectivity index (χ4v) is 0.735. The van der Waals surface area contributed by atoms with Gasteiger partial charge in [-0.1, -0.05) is 11.6 Å². The molecular formula is C8H11ClN2O2. The number of halogens is 1. The maximum Gasteiger partial charge on any atom is 0.138 e. The predicted octanol–water partition coefficient (Wildman–Crippen LogP) is -1.09.